The third-order valence-electron chi connectivity index (χ3n) is 8.80. The Kier molecular flexibility index (Phi) is 5.99. The maximum absolute atomic E-state index is 14.8. The number of nitro groups is 2. The number of ketones is 2. The average molecular weight is 587 g/mol. The Morgan fingerprint density at radius 3 is 2.23 bits per heavy atom. The van der Waals surface area contributed by atoms with Crippen LogP contribution < -0.4 is 10.2 Å². The number of anilines is 2. The standard InChI is InChI=1S/C33H22N4O7/c38-30(21-7-5-8-23(18-21)37(43)44)28-29(31(39)20-12-15-22(16-13-20)36(41)42)35-26-11-4-1-6-19(26)14-17-27(35)33(28)24-9-2-3-10-25(24)34-32(33)40/h1-18,27-29H,(H,34,40)/t27-,28+,29+,33-/m1/s1. The summed E-state index contributed by atoms with van der Waals surface area (Å²) < 4.78 is 0. The van der Waals surface area contributed by atoms with Crippen molar-refractivity contribution in [2.45, 2.75) is 17.5 Å². The van der Waals surface area contributed by atoms with Crippen molar-refractivity contribution in [2.75, 3.05) is 10.2 Å². The van der Waals surface area contributed by atoms with Crippen LogP contribution >= 0.6 is 0 Å². The first-order valence-corrected chi connectivity index (χ1v) is 13.8. The minimum atomic E-state index is -1.59. The van der Waals surface area contributed by atoms with Gasteiger partial charge in [0.1, 0.15) is 11.5 Å². The Morgan fingerprint density at radius 1 is 0.773 bits per heavy atom. The molecular formula is C33H22N4O7. The summed E-state index contributed by atoms with van der Waals surface area (Å²) in [7, 11) is 0. The van der Waals surface area contributed by atoms with Gasteiger partial charge in [-0.3, -0.25) is 34.6 Å². The number of nitro benzene ring substituents is 2. The Labute approximate surface area is 249 Å². The molecule has 7 rings (SSSR count). The molecule has 3 aliphatic rings. The normalized spacial score (nSPS) is 22.6. The third-order valence-corrected chi connectivity index (χ3v) is 8.80. The van der Waals surface area contributed by atoms with Crippen LogP contribution in [0.15, 0.2) is 103 Å². The minimum Gasteiger partial charge on any atom is -0.352 e. The van der Waals surface area contributed by atoms with Crippen LogP contribution in [0, 0.1) is 26.1 Å². The van der Waals surface area contributed by atoms with Gasteiger partial charge in [0.05, 0.1) is 21.8 Å². The van der Waals surface area contributed by atoms with Crippen molar-refractivity contribution in [2.24, 2.45) is 5.92 Å². The summed E-state index contributed by atoms with van der Waals surface area (Å²) in [5.41, 5.74) is 0.441. The first-order chi connectivity index (χ1) is 21.2. The number of benzene rings is 4. The van der Waals surface area contributed by atoms with Gasteiger partial charge < -0.3 is 10.2 Å². The number of para-hydroxylation sites is 2. The van der Waals surface area contributed by atoms with Crippen LogP contribution in [-0.4, -0.2) is 39.4 Å². The van der Waals surface area contributed by atoms with E-state index >= 15 is 0 Å². The molecule has 4 atom stereocenters. The molecule has 11 heteroatoms. The Hall–Kier alpha value is -5.97. The molecule has 0 saturated carbocycles. The highest BCUT2D eigenvalue weighted by Gasteiger charge is 2.70. The number of rotatable bonds is 6. The summed E-state index contributed by atoms with van der Waals surface area (Å²) in [5, 5.41) is 25.9. The highest BCUT2D eigenvalue weighted by Crippen LogP contribution is 2.58. The van der Waals surface area contributed by atoms with Crippen LogP contribution in [-0.2, 0) is 10.2 Å². The lowest BCUT2D eigenvalue weighted by Crippen LogP contribution is -2.51. The van der Waals surface area contributed by atoms with E-state index in [1.165, 1.54) is 42.5 Å². The van der Waals surface area contributed by atoms with Gasteiger partial charge in [-0.2, -0.15) is 0 Å². The molecule has 3 aliphatic heterocycles. The van der Waals surface area contributed by atoms with Gasteiger partial charge in [-0.1, -0.05) is 60.7 Å². The first-order valence-electron chi connectivity index (χ1n) is 13.8. The van der Waals surface area contributed by atoms with E-state index in [4.69, 9.17) is 0 Å². The number of hydrogen-bond donors (Lipinski definition) is 1. The van der Waals surface area contributed by atoms with E-state index < -0.39 is 50.7 Å². The summed E-state index contributed by atoms with van der Waals surface area (Å²) in [4.78, 5) is 67.4. The molecule has 1 N–H and O–H groups in total. The van der Waals surface area contributed by atoms with Crippen molar-refractivity contribution in [1.82, 2.24) is 0 Å². The highest BCUT2D eigenvalue weighted by molar-refractivity contribution is 6.18. The van der Waals surface area contributed by atoms with Gasteiger partial charge in [0.2, 0.25) is 5.91 Å². The predicted molar refractivity (Wildman–Crippen MR) is 161 cm³/mol. The smallest absolute Gasteiger partial charge is 0.270 e. The number of carbonyl (C=O) groups excluding carboxylic acids is 3. The summed E-state index contributed by atoms with van der Waals surface area (Å²) in [6.45, 7) is 0. The molecule has 0 radical (unpaired) electrons. The number of Topliss-reactive ketones (excluding diaryl/α,β-unsaturated/α-hetero) is 2. The zero-order valence-corrected chi connectivity index (χ0v) is 22.8. The van der Waals surface area contributed by atoms with Gasteiger partial charge in [-0.05, 0) is 35.4 Å². The lowest BCUT2D eigenvalue weighted by Gasteiger charge is -2.37. The third kappa shape index (κ3) is 3.72. The molecular weight excluding hydrogens is 564 g/mol. The Balaban J connectivity index is 1.51. The van der Waals surface area contributed by atoms with E-state index in [0.29, 0.717) is 16.9 Å². The van der Waals surface area contributed by atoms with Gasteiger partial charge in [0.25, 0.3) is 11.4 Å². The Bertz CT molecular complexity index is 1950. The molecule has 4 aromatic carbocycles. The van der Waals surface area contributed by atoms with Gasteiger partial charge >= 0.3 is 0 Å². The summed E-state index contributed by atoms with van der Waals surface area (Å²) >= 11 is 0. The highest BCUT2D eigenvalue weighted by atomic mass is 16.6. The average Bonchev–Trinajstić information content (AvgIpc) is 3.52. The zero-order chi connectivity index (χ0) is 30.7. The maximum atomic E-state index is 14.8. The molecule has 0 unspecified atom stereocenters. The van der Waals surface area contributed by atoms with Gasteiger partial charge in [-0.15, -0.1) is 0 Å². The summed E-state index contributed by atoms with van der Waals surface area (Å²) in [5.74, 6) is -2.94. The maximum Gasteiger partial charge on any atom is 0.270 e. The number of nitrogens with one attached hydrogen (secondary N) is 1. The van der Waals surface area contributed by atoms with E-state index in [2.05, 4.69) is 5.32 Å². The van der Waals surface area contributed by atoms with Crippen molar-refractivity contribution in [3.8, 4) is 0 Å². The molecule has 0 aliphatic carbocycles. The van der Waals surface area contributed by atoms with Crippen LogP contribution in [0.1, 0.15) is 31.8 Å². The topological polar surface area (TPSA) is 153 Å². The summed E-state index contributed by atoms with van der Waals surface area (Å²) in [6.07, 6.45) is 3.68. The number of hydrogen-bond acceptors (Lipinski definition) is 8. The van der Waals surface area contributed by atoms with Crippen LogP contribution in [0.5, 0.6) is 0 Å². The molecule has 0 bridgehead atoms. The molecule has 11 nitrogen and oxygen atoms in total. The second kappa shape index (κ2) is 9.80. The Morgan fingerprint density at radius 2 is 1.48 bits per heavy atom. The lowest BCUT2D eigenvalue weighted by atomic mass is 9.64. The fraction of sp³-hybridized carbons (Fsp3) is 0.121. The van der Waals surface area contributed by atoms with E-state index in [9.17, 15) is 34.6 Å². The lowest BCUT2D eigenvalue weighted by molar-refractivity contribution is -0.385. The molecule has 216 valence electrons. The predicted octanol–water partition coefficient (Wildman–Crippen LogP) is 5.36. The molecule has 1 spiro atoms. The van der Waals surface area contributed by atoms with Crippen LogP contribution in [0.4, 0.5) is 22.7 Å². The van der Waals surface area contributed by atoms with E-state index in [0.717, 1.165) is 11.6 Å². The monoisotopic (exact) mass is 586 g/mol. The van der Waals surface area contributed by atoms with Crippen molar-refractivity contribution in [3.63, 3.8) is 0 Å². The summed E-state index contributed by atoms with van der Waals surface area (Å²) in [6, 6.07) is 22.6. The SMILES string of the molecule is O=C(c1ccc([N+](=O)[O-])cc1)[C@@H]1[C@@H](C(=O)c2cccc([N+](=O)[O-])c2)[C@]2(C(=O)Nc3ccccc32)[C@H]2C=Cc3ccccc3N12. The number of amides is 1. The van der Waals surface area contributed by atoms with E-state index in [-0.39, 0.29) is 22.5 Å². The first kappa shape index (κ1) is 26.9. The molecule has 0 aromatic heterocycles. The number of carbonyl (C=O) groups is 3. The second-order valence-corrected chi connectivity index (χ2v) is 10.9. The number of nitrogens with zero attached hydrogens (tertiary/aromatic N) is 3. The zero-order valence-electron chi connectivity index (χ0n) is 22.8. The quantitative estimate of drug-likeness (QED) is 0.180. The number of non-ortho nitro benzene ring substituents is 2. The number of fused-ring (bicyclic) bond motifs is 6. The molecule has 1 saturated heterocycles. The van der Waals surface area contributed by atoms with Crippen LogP contribution in [0.25, 0.3) is 6.08 Å². The molecule has 1 fully saturated rings. The minimum absolute atomic E-state index is 0.0145. The fourth-order valence-electron chi connectivity index (χ4n) is 6.99. The van der Waals surface area contributed by atoms with Crippen LogP contribution in [0.2, 0.25) is 0 Å². The van der Waals surface area contributed by atoms with Crippen LogP contribution in [0.3, 0.4) is 0 Å². The largest absolute Gasteiger partial charge is 0.352 e. The second-order valence-electron chi connectivity index (χ2n) is 10.9. The molecule has 44 heavy (non-hydrogen) atoms. The van der Waals surface area contributed by atoms with Gasteiger partial charge in [0, 0.05) is 46.8 Å². The van der Waals surface area contributed by atoms with Gasteiger partial charge in [0.15, 0.2) is 11.6 Å². The van der Waals surface area contributed by atoms with Crippen molar-refractivity contribution >= 4 is 46.3 Å². The fourth-order valence-corrected chi connectivity index (χ4v) is 6.99. The van der Waals surface area contributed by atoms with E-state index in [1.54, 1.807) is 35.2 Å². The van der Waals surface area contributed by atoms with E-state index in [1.807, 2.05) is 30.4 Å². The van der Waals surface area contributed by atoms with Gasteiger partial charge in [-0.25, -0.2) is 0 Å². The molecule has 3 heterocycles. The van der Waals surface area contributed by atoms with Crippen molar-refractivity contribution in [1.29, 1.82) is 0 Å². The van der Waals surface area contributed by atoms with Crippen molar-refractivity contribution in [3.05, 3.63) is 146 Å². The molecule has 1 amide bonds. The van der Waals surface area contributed by atoms with Crippen molar-refractivity contribution < 1.29 is 24.2 Å². The molecule has 4 aromatic rings.